The summed E-state index contributed by atoms with van der Waals surface area (Å²) in [6.07, 6.45) is 4.40. The monoisotopic (exact) mass is 380 g/mol. The topological polar surface area (TPSA) is 59.1 Å². The van der Waals surface area contributed by atoms with E-state index in [0.29, 0.717) is 48.7 Å². The van der Waals surface area contributed by atoms with E-state index >= 15 is 0 Å². The first kappa shape index (κ1) is 18.1. The summed E-state index contributed by atoms with van der Waals surface area (Å²) in [5.74, 6) is 1.89. The quantitative estimate of drug-likeness (QED) is 0.806. The van der Waals surface area contributed by atoms with E-state index in [0.717, 1.165) is 31.8 Å². The fourth-order valence-corrected chi connectivity index (χ4v) is 5.82. The van der Waals surface area contributed by atoms with E-state index in [-0.39, 0.29) is 0 Å². The van der Waals surface area contributed by atoms with Gasteiger partial charge in [-0.2, -0.15) is 4.31 Å². The van der Waals surface area contributed by atoms with Crippen LogP contribution in [0.3, 0.4) is 0 Å². The fourth-order valence-electron chi connectivity index (χ4n) is 4.34. The van der Waals surface area contributed by atoms with E-state index in [2.05, 4.69) is 11.8 Å². The molecule has 0 spiro atoms. The molecule has 1 unspecified atom stereocenters. The molecular weight excluding hydrogens is 352 g/mol. The smallest absolute Gasteiger partial charge is 0.243 e. The zero-order valence-electron chi connectivity index (χ0n) is 15.4. The van der Waals surface area contributed by atoms with Crippen molar-refractivity contribution in [3.05, 3.63) is 18.2 Å². The van der Waals surface area contributed by atoms with Crippen LogP contribution in [0.5, 0.6) is 11.5 Å². The number of benzene rings is 1. The van der Waals surface area contributed by atoms with E-state index in [4.69, 9.17) is 9.47 Å². The molecule has 3 aliphatic heterocycles. The third kappa shape index (κ3) is 3.57. The molecule has 26 heavy (non-hydrogen) atoms. The third-order valence-electron chi connectivity index (χ3n) is 5.78. The van der Waals surface area contributed by atoms with Crippen molar-refractivity contribution >= 4 is 10.0 Å². The minimum Gasteiger partial charge on any atom is -0.486 e. The summed E-state index contributed by atoms with van der Waals surface area (Å²) < 4.78 is 38.7. The summed E-state index contributed by atoms with van der Waals surface area (Å²) in [5, 5.41) is 0. The summed E-state index contributed by atoms with van der Waals surface area (Å²) in [6, 6.07) is 5.44. The Morgan fingerprint density at radius 3 is 2.46 bits per heavy atom. The van der Waals surface area contributed by atoms with Gasteiger partial charge in [0.05, 0.1) is 4.90 Å². The molecule has 3 aliphatic rings. The lowest BCUT2D eigenvalue weighted by Gasteiger charge is -2.41. The van der Waals surface area contributed by atoms with Crippen molar-refractivity contribution in [2.75, 3.05) is 39.4 Å². The Morgan fingerprint density at radius 2 is 1.73 bits per heavy atom. The molecule has 0 aliphatic carbocycles. The van der Waals surface area contributed by atoms with E-state index in [1.165, 1.54) is 12.8 Å². The molecule has 2 saturated heterocycles. The average molecular weight is 381 g/mol. The Balaban J connectivity index is 1.43. The minimum atomic E-state index is -3.48. The van der Waals surface area contributed by atoms with Crippen LogP contribution in [0.15, 0.2) is 23.1 Å². The predicted molar refractivity (Wildman–Crippen MR) is 99.2 cm³/mol. The van der Waals surface area contributed by atoms with Gasteiger partial charge in [-0.3, -0.25) is 0 Å². The molecule has 4 rings (SSSR count). The first-order chi connectivity index (χ1) is 12.5. The predicted octanol–water partition coefficient (Wildman–Crippen LogP) is 2.34. The second-order valence-corrected chi connectivity index (χ2v) is 9.62. The van der Waals surface area contributed by atoms with Gasteiger partial charge in [0.2, 0.25) is 10.0 Å². The number of ether oxygens (including phenoxy) is 2. The number of sulfonamides is 1. The van der Waals surface area contributed by atoms with Crippen LogP contribution in [-0.2, 0) is 10.0 Å². The highest BCUT2D eigenvalue weighted by Gasteiger charge is 2.33. The van der Waals surface area contributed by atoms with Crippen LogP contribution in [0.4, 0.5) is 0 Å². The Morgan fingerprint density at radius 1 is 1.00 bits per heavy atom. The van der Waals surface area contributed by atoms with Gasteiger partial charge < -0.3 is 14.4 Å². The van der Waals surface area contributed by atoms with Crippen molar-refractivity contribution in [1.29, 1.82) is 0 Å². The molecule has 2 fully saturated rings. The van der Waals surface area contributed by atoms with Gasteiger partial charge in [0.25, 0.3) is 0 Å². The van der Waals surface area contributed by atoms with Crippen molar-refractivity contribution in [2.24, 2.45) is 5.92 Å². The molecule has 6 nitrogen and oxygen atoms in total. The molecule has 144 valence electrons. The van der Waals surface area contributed by atoms with Crippen LogP contribution in [0.2, 0.25) is 0 Å². The van der Waals surface area contributed by atoms with Crippen LogP contribution in [0.1, 0.15) is 32.6 Å². The van der Waals surface area contributed by atoms with Gasteiger partial charge in [0.15, 0.2) is 11.5 Å². The molecule has 7 heteroatoms. The molecule has 0 radical (unpaired) electrons. The second-order valence-electron chi connectivity index (χ2n) is 7.68. The van der Waals surface area contributed by atoms with Crippen molar-refractivity contribution in [2.45, 2.75) is 43.5 Å². The Kier molecular flexibility index (Phi) is 5.12. The second kappa shape index (κ2) is 7.37. The number of piperidine rings is 2. The molecule has 1 aromatic carbocycles. The summed E-state index contributed by atoms with van der Waals surface area (Å²) in [6.45, 7) is 6.76. The van der Waals surface area contributed by atoms with E-state index in [1.807, 2.05) is 0 Å². The zero-order chi connectivity index (χ0) is 18.1. The molecule has 0 aromatic heterocycles. The number of fused-ring (bicyclic) bond motifs is 1. The van der Waals surface area contributed by atoms with Crippen LogP contribution in [0.25, 0.3) is 0 Å². The third-order valence-corrected chi connectivity index (χ3v) is 7.67. The molecule has 1 aromatic rings. The molecule has 0 bridgehead atoms. The van der Waals surface area contributed by atoms with Gasteiger partial charge in [0, 0.05) is 31.7 Å². The standard InChI is InChI=1S/C19H28N2O4S/c1-15-3-2-8-20(14-15)16-6-9-21(10-7-16)26(22,23)17-4-5-18-19(13-17)25-12-11-24-18/h4-5,13,15-16H,2-3,6-12,14H2,1H3. The van der Waals surface area contributed by atoms with Crippen LogP contribution in [-0.4, -0.2) is 63.1 Å². The minimum absolute atomic E-state index is 0.298. The Bertz CT molecular complexity index is 744. The number of nitrogens with zero attached hydrogens (tertiary/aromatic N) is 2. The number of hydrogen-bond acceptors (Lipinski definition) is 5. The van der Waals surface area contributed by atoms with Gasteiger partial charge in [-0.25, -0.2) is 8.42 Å². The average Bonchev–Trinajstić information content (AvgIpc) is 2.67. The van der Waals surface area contributed by atoms with Crippen LogP contribution < -0.4 is 9.47 Å². The number of hydrogen-bond donors (Lipinski definition) is 0. The molecule has 0 amide bonds. The van der Waals surface area contributed by atoms with Gasteiger partial charge in [0.1, 0.15) is 13.2 Å². The highest BCUT2D eigenvalue weighted by molar-refractivity contribution is 7.89. The maximum atomic E-state index is 13.0. The van der Waals surface area contributed by atoms with Crippen LogP contribution in [0, 0.1) is 5.92 Å². The maximum absolute atomic E-state index is 13.0. The summed E-state index contributed by atoms with van der Waals surface area (Å²) in [7, 11) is -3.48. The summed E-state index contributed by atoms with van der Waals surface area (Å²) in [5.41, 5.74) is 0. The zero-order valence-corrected chi connectivity index (χ0v) is 16.2. The van der Waals surface area contributed by atoms with Gasteiger partial charge >= 0.3 is 0 Å². The normalized spacial score (nSPS) is 26.0. The molecule has 1 atom stereocenters. The largest absolute Gasteiger partial charge is 0.486 e. The Hall–Kier alpha value is -1.31. The van der Waals surface area contributed by atoms with Crippen molar-refractivity contribution < 1.29 is 17.9 Å². The van der Waals surface area contributed by atoms with Crippen molar-refractivity contribution in [3.8, 4) is 11.5 Å². The molecule has 0 N–H and O–H groups in total. The lowest BCUT2D eigenvalue weighted by molar-refractivity contribution is 0.0944. The van der Waals surface area contributed by atoms with Gasteiger partial charge in [-0.05, 0) is 50.3 Å². The lowest BCUT2D eigenvalue weighted by atomic mass is 9.96. The SMILES string of the molecule is CC1CCCN(C2CCN(S(=O)(=O)c3ccc4c(c3)OCCO4)CC2)C1. The van der Waals surface area contributed by atoms with Crippen molar-refractivity contribution in [1.82, 2.24) is 9.21 Å². The number of likely N-dealkylation sites (tertiary alicyclic amines) is 1. The fraction of sp³-hybridized carbons (Fsp3) is 0.684. The van der Waals surface area contributed by atoms with E-state index in [1.54, 1.807) is 22.5 Å². The van der Waals surface area contributed by atoms with Crippen LogP contribution >= 0.6 is 0 Å². The van der Waals surface area contributed by atoms with Gasteiger partial charge in [-0.15, -0.1) is 0 Å². The first-order valence-corrected chi connectivity index (χ1v) is 11.1. The molecular formula is C19H28N2O4S. The Labute approximate surface area is 156 Å². The molecule has 3 heterocycles. The summed E-state index contributed by atoms with van der Waals surface area (Å²) in [4.78, 5) is 2.87. The highest BCUT2D eigenvalue weighted by atomic mass is 32.2. The summed E-state index contributed by atoms with van der Waals surface area (Å²) >= 11 is 0. The van der Waals surface area contributed by atoms with Crippen molar-refractivity contribution in [3.63, 3.8) is 0 Å². The number of rotatable bonds is 3. The maximum Gasteiger partial charge on any atom is 0.243 e. The van der Waals surface area contributed by atoms with E-state index < -0.39 is 10.0 Å². The first-order valence-electron chi connectivity index (χ1n) is 9.68. The lowest BCUT2D eigenvalue weighted by Crippen LogP contribution is -2.49. The highest BCUT2D eigenvalue weighted by Crippen LogP contribution is 2.34. The van der Waals surface area contributed by atoms with E-state index in [9.17, 15) is 8.42 Å². The van der Waals surface area contributed by atoms with Gasteiger partial charge in [-0.1, -0.05) is 6.92 Å². The molecule has 0 saturated carbocycles.